The zero-order valence-electron chi connectivity index (χ0n) is 21.1. The van der Waals surface area contributed by atoms with Gasteiger partial charge in [-0.3, -0.25) is 0 Å². The Labute approximate surface area is 237 Å². The molecule has 190 valence electrons. The Bertz CT molecular complexity index is 1500. The van der Waals surface area contributed by atoms with E-state index in [1.807, 2.05) is 47.0 Å². The molecule has 6 heteroatoms. The smallest absolute Gasteiger partial charge is 0.118 e. The minimum absolute atomic E-state index is 0.0959. The van der Waals surface area contributed by atoms with Crippen molar-refractivity contribution in [2.24, 2.45) is 0 Å². The lowest BCUT2D eigenvalue weighted by Gasteiger charge is -2.46. The molecule has 0 aromatic heterocycles. The van der Waals surface area contributed by atoms with Crippen LogP contribution in [0.3, 0.4) is 0 Å². The molecule has 0 aliphatic carbocycles. The van der Waals surface area contributed by atoms with E-state index in [1.165, 1.54) is 32.1 Å². The van der Waals surface area contributed by atoms with Gasteiger partial charge in [0.05, 0.1) is 23.8 Å². The van der Waals surface area contributed by atoms with Crippen LogP contribution in [0.4, 0.5) is 0 Å². The molecular weight excluding hydrogens is 544 g/mol. The SMILES string of the molecule is COc1ccc(C2=CC(c3ccccc3)C3(c4ccccc4)C=C(c4ccc(OC)cc4)SP3(=S)S2)cc1. The molecule has 0 fully saturated rings. The molecule has 0 saturated heterocycles. The van der Waals surface area contributed by atoms with Gasteiger partial charge in [-0.05, 0) is 46.5 Å². The van der Waals surface area contributed by atoms with Crippen LogP contribution in [0.5, 0.6) is 11.5 Å². The van der Waals surface area contributed by atoms with Crippen LogP contribution >= 0.6 is 27.2 Å². The van der Waals surface area contributed by atoms with Crippen molar-refractivity contribution in [1.82, 2.24) is 0 Å². The zero-order valence-corrected chi connectivity index (χ0v) is 24.5. The highest BCUT2D eigenvalue weighted by Gasteiger charge is 2.57. The first-order valence-electron chi connectivity index (χ1n) is 12.4. The van der Waals surface area contributed by atoms with Crippen LogP contribution in [0.15, 0.2) is 121 Å². The summed E-state index contributed by atoms with van der Waals surface area (Å²) in [6, 6.07) is 38.5. The first-order valence-corrected chi connectivity index (χ1v) is 18.0. The van der Waals surface area contributed by atoms with Gasteiger partial charge in [-0.1, -0.05) is 132 Å². The van der Waals surface area contributed by atoms with Gasteiger partial charge in [-0.25, -0.2) is 0 Å². The number of methoxy groups -OCH3 is 2. The van der Waals surface area contributed by atoms with Gasteiger partial charge in [0.15, 0.2) is 0 Å². The van der Waals surface area contributed by atoms with E-state index in [2.05, 4.69) is 97.1 Å². The summed E-state index contributed by atoms with van der Waals surface area (Å²) in [6.07, 6.45) is 4.94. The second-order valence-corrected chi connectivity index (χ2v) is 20.3. The van der Waals surface area contributed by atoms with Crippen LogP contribution in [0.2, 0.25) is 0 Å². The average Bonchev–Trinajstić information content (AvgIpc) is 3.31. The minimum Gasteiger partial charge on any atom is -0.497 e. The van der Waals surface area contributed by atoms with E-state index in [-0.39, 0.29) is 11.1 Å². The number of rotatable bonds is 6. The number of ether oxygens (including phenoxy) is 2. The second-order valence-electron chi connectivity index (χ2n) is 9.26. The maximum Gasteiger partial charge on any atom is 0.118 e. The third-order valence-corrected chi connectivity index (χ3v) is 18.4. The number of allylic oxidation sites excluding steroid dienone is 2. The van der Waals surface area contributed by atoms with Gasteiger partial charge in [0.1, 0.15) is 11.5 Å². The quantitative estimate of drug-likeness (QED) is 0.214. The van der Waals surface area contributed by atoms with Crippen molar-refractivity contribution in [1.29, 1.82) is 0 Å². The molecule has 2 aliphatic heterocycles. The summed E-state index contributed by atoms with van der Waals surface area (Å²) in [5.41, 5.74) is 4.93. The predicted octanol–water partition coefficient (Wildman–Crippen LogP) is 9.57. The van der Waals surface area contributed by atoms with Crippen molar-refractivity contribution < 1.29 is 9.47 Å². The Morgan fingerprint density at radius 2 is 1.16 bits per heavy atom. The lowest BCUT2D eigenvalue weighted by molar-refractivity contribution is 0.414. The second kappa shape index (κ2) is 10.5. The van der Waals surface area contributed by atoms with Crippen LogP contribution < -0.4 is 9.47 Å². The maximum atomic E-state index is 6.86. The molecule has 0 saturated carbocycles. The largest absolute Gasteiger partial charge is 0.497 e. The van der Waals surface area contributed by atoms with Gasteiger partial charge >= 0.3 is 0 Å². The highest BCUT2D eigenvalue weighted by molar-refractivity contribution is 9.04. The Balaban J connectivity index is 1.58. The highest BCUT2D eigenvalue weighted by atomic mass is 33.2. The molecule has 0 amide bonds. The molecule has 0 N–H and O–H groups in total. The van der Waals surface area contributed by atoms with E-state index >= 15 is 0 Å². The first-order chi connectivity index (χ1) is 18.6. The van der Waals surface area contributed by atoms with Crippen molar-refractivity contribution in [3.63, 3.8) is 0 Å². The first kappa shape index (κ1) is 25.6. The molecule has 2 heterocycles. The van der Waals surface area contributed by atoms with Crippen molar-refractivity contribution in [2.75, 3.05) is 14.2 Å². The van der Waals surface area contributed by atoms with E-state index in [0.717, 1.165) is 11.5 Å². The van der Waals surface area contributed by atoms with Gasteiger partial charge in [-0.2, -0.15) is 0 Å². The van der Waals surface area contributed by atoms with Crippen molar-refractivity contribution in [3.05, 3.63) is 144 Å². The van der Waals surface area contributed by atoms with Crippen LogP contribution in [-0.4, -0.2) is 14.2 Å². The molecule has 2 nitrogen and oxygen atoms in total. The van der Waals surface area contributed by atoms with E-state index < -0.39 is 4.44 Å². The summed E-state index contributed by atoms with van der Waals surface area (Å²) < 4.78 is 8.67. The molecule has 4 aromatic rings. The van der Waals surface area contributed by atoms with Crippen molar-refractivity contribution in [3.8, 4) is 11.5 Å². The molecule has 3 atom stereocenters. The normalized spacial score (nSPS) is 24.2. The third kappa shape index (κ3) is 4.36. The summed E-state index contributed by atoms with van der Waals surface area (Å²) in [6.45, 7) is 0. The Morgan fingerprint density at radius 3 is 1.71 bits per heavy atom. The standard InChI is InChI=1S/C32H27O2PS3/c1-33-27-17-13-24(14-18-27)30-21-29(23-9-5-3-6-10-23)32(26-11-7-4-8-12-26)22-31(38-35(32,36)37-30)25-15-19-28(34-2)20-16-25/h3-22,29H,1-2H3. The minimum atomic E-state index is -2.19. The topological polar surface area (TPSA) is 18.5 Å². The van der Waals surface area contributed by atoms with Crippen LogP contribution in [-0.2, 0) is 17.0 Å². The summed E-state index contributed by atoms with van der Waals surface area (Å²) >= 11 is 10.7. The highest BCUT2D eigenvalue weighted by Crippen LogP contribution is 2.92. The summed E-state index contributed by atoms with van der Waals surface area (Å²) in [7, 11) is 3.41. The molecule has 6 rings (SSSR count). The molecule has 0 spiro atoms. The third-order valence-electron chi connectivity index (χ3n) is 7.18. The zero-order chi connectivity index (χ0) is 26.2. The number of hydrogen-bond donors (Lipinski definition) is 0. The van der Waals surface area contributed by atoms with E-state index in [1.54, 1.807) is 14.2 Å². The van der Waals surface area contributed by atoms with Crippen molar-refractivity contribution >= 4 is 48.8 Å². The van der Waals surface area contributed by atoms with Gasteiger partial charge in [0, 0.05) is 15.7 Å². The Morgan fingerprint density at radius 1 is 0.658 bits per heavy atom. The molecule has 3 unspecified atom stereocenters. The summed E-state index contributed by atoms with van der Waals surface area (Å²) in [4.78, 5) is 2.49. The number of hydrogen-bond acceptors (Lipinski definition) is 5. The van der Waals surface area contributed by atoms with E-state index in [9.17, 15) is 0 Å². The fourth-order valence-corrected chi connectivity index (χ4v) is 17.6. The Hall–Kier alpha value is -2.69. The van der Waals surface area contributed by atoms with E-state index in [4.69, 9.17) is 21.3 Å². The van der Waals surface area contributed by atoms with Gasteiger partial charge in [0.2, 0.25) is 0 Å². The van der Waals surface area contributed by atoms with Crippen LogP contribution in [0.25, 0.3) is 9.81 Å². The summed E-state index contributed by atoms with van der Waals surface area (Å²) in [5, 5.41) is -0.328. The van der Waals surface area contributed by atoms with Gasteiger partial charge < -0.3 is 9.47 Å². The molecule has 0 radical (unpaired) electrons. The van der Waals surface area contributed by atoms with Gasteiger partial charge in [-0.15, -0.1) is 0 Å². The Kier molecular flexibility index (Phi) is 7.05. The molecule has 2 aliphatic rings. The van der Waals surface area contributed by atoms with Crippen molar-refractivity contribution in [2.45, 2.75) is 11.1 Å². The predicted molar refractivity (Wildman–Crippen MR) is 169 cm³/mol. The molecule has 0 bridgehead atoms. The monoisotopic (exact) mass is 570 g/mol. The summed E-state index contributed by atoms with van der Waals surface area (Å²) in [5.74, 6) is 1.81. The fourth-order valence-electron chi connectivity index (χ4n) is 5.24. The number of fused-ring (bicyclic) bond motifs is 1. The van der Waals surface area contributed by atoms with E-state index in [0.29, 0.717) is 0 Å². The van der Waals surface area contributed by atoms with Gasteiger partial charge in [0.25, 0.3) is 0 Å². The molecule has 4 aromatic carbocycles. The lowest BCUT2D eigenvalue weighted by atomic mass is 9.79. The molecular formula is C32H27O2PS3. The van der Waals surface area contributed by atoms with Crippen LogP contribution in [0, 0.1) is 0 Å². The lowest BCUT2D eigenvalue weighted by Crippen LogP contribution is -2.29. The fraction of sp³-hybridized carbons (Fsp3) is 0.125. The molecule has 38 heavy (non-hydrogen) atoms. The maximum absolute atomic E-state index is 6.86. The average molecular weight is 571 g/mol. The van der Waals surface area contributed by atoms with Crippen LogP contribution in [0.1, 0.15) is 28.2 Å². The number of benzene rings is 4.